The first-order valence-corrected chi connectivity index (χ1v) is 10.1. The molecule has 7 nitrogen and oxygen atoms in total. The Balaban J connectivity index is 0.00000676. The largest absolute Gasteiger partial charge is 0.435 e. The smallest absolute Gasteiger partial charge is 0.387 e. The van der Waals surface area contributed by atoms with Gasteiger partial charge in [-0.25, -0.2) is 13.1 Å². The zero-order valence-electron chi connectivity index (χ0n) is 15.6. The van der Waals surface area contributed by atoms with Crippen LogP contribution in [0.15, 0.2) is 29.3 Å². The number of nitrogens with one attached hydrogen (secondary N) is 2. The number of hydrogen-bond acceptors (Lipinski definition) is 4. The van der Waals surface area contributed by atoms with Crippen molar-refractivity contribution in [3.05, 3.63) is 29.8 Å². The third kappa shape index (κ3) is 12.0. The Kier molecular flexibility index (Phi) is 12.5. The Morgan fingerprint density at radius 3 is 2.44 bits per heavy atom. The van der Waals surface area contributed by atoms with Gasteiger partial charge in [0.15, 0.2) is 5.96 Å². The quantitative estimate of drug-likeness (QED) is 0.214. The van der Waals surface area contributed by atoms with Crippen molar-refractivity contribution >= 4 is 40.0 Å². The second-order valence-corrected chi connectivity index (χ2v) is 7.47. The van der Waals surface area contributed by atoms with Gasteiger partial charge in [-0.05, 0) is 31.0 Å². The van der Waals surface area contributed by atoms with E-state index in [1.54, 1.807) is 12.1 Å². The molecule has 0 aromatic heterocycles. The summed E-state index contributed by atoms with van der Waals surface area (Å²) in [5.41, 5.74) is 0.915. The van der Waals surface area contributed by atoms with E-state index < -0.39 is 16.6 Å². The summed E-state index contributed by atoms with van der Waals surface area (Å²) in [5, 5.41) is 3.16. The van der Waals surface area contributed by atoms with Gasteiger partial charge in [0.1, 0.15) is 5.75 Å². The van der Waals surface area contributed by atoms with Crippen molar-refractivity contribution in [2.75, 3.05) is 32.9 Å². The number of rotatable bonds is 10. The van der Waals surface area contributed by atoms with Crippen LogP contribution in [0, 0.1) is 0 Å². The lowest BCUT2D eigenvalue weighted by molar-refractivity contribution is -0.0498. The second kappa shape index (κ2) is 13.0. The molecule has 0 heterocycles. The van der Waals surface area contributed by atoms with Crippen LogP contribution >= 0.6 is 24.0 Å². The highest BCUT2D eigenvalue weighted by Crippen LogP contribution is 2.15. The lowest BCUT2D eigenvalue weighted by Crippen LogP contribution is -2.38. The summed E-state index contributed by atoms with van der Waals surface area (Å²) in [7, 11) is -1.32. The summed E-state index contributed by atoms with van der Waals surface area (Å²) in [4.78, 5) is 6.36. The highest BCUT2D eigenvalue weighted by molar-refractivity contribution is 14.0. The number of aliphatic imine (C=N–C) groups is 1. The molecule has 156 valence electrons. The molecule has 1 aromatic carbocycles. The Morgan fingerprint density at radius 1 is 1.30 bits per heavy atom. The summed E-state index contributed by atoms with van der Waals surface area (Å²) in [5.74, 6) is 0.796. The number of sulfonamides is 1. The van der Waals surface area contributed by atoms with Crippen LogP contribution in [0.2, 0.25) is 0 Å². The first-order valence-electron chi connectivity index (χ1n) is 8.19. The van der Waals surface area contributed by atoms with Gasteiger partial charge in [0.05, 0.1) is 6.26 Å². The maximum atomic E-state index is 12.2. The fraction of sp³-hybridized carbons (Fsp3) is 0.562. The highest BCUT2D eigenvalue weighted by atomic mass is 127. The molecule has 1 rings (SSSR count). The van der Waals surface area contributed by atoms with Gasteiger partial charge in [-0.15, -0.1) is 24.0 Å². The molecule has 0 saturated heterocycles. The lowest BCUT2D eigenvalue weighted by atomic mass is 10.2. The van der Waals surface area contributed by atoms with E-state index in [1.807, 2.05) is 18.9 Å². The topological polar surface area (TPSA) is 83.0 Å². The van der Waals surface area contributed by atoms with E-state index >= 15 is 0 Å². The van der Waals surface area contributed by atoms with Crippen molar-refractivity contribution in [1.82, 2.24) is 14.9 Å². The average molecular weight is 520 g/mol. The van der Waals surface area contributed by atoms with Gasteiger partial charge < -0.3 is 15.0 Å². The summed E-state index contributed by atoms with van der Waals surface area (Å²) in [6.45, 7) is 1.13. The molecule has 0 atom stereocenters. The molecule has 0 saturated carbocycles. The Morgan fingerprint density at radius 2 is 1.93 bits per heavy atom. The molecule has 27 heavy (non-hydrogen) atoms. The average Bonchev–Trinajstić information content (AvgIpc) is 2.53. The van der Waals surface area contributed by atoms with Gasteiger partial charge in [0.2, 0.25) is 10.0 Å². The lowest BCUT2D eigenvalue weighted by Gasteiger charge is -2.22. The zero-order valence-corrected chi connectivity index (χ0v) is 18.8. The molecule has 0 radical (unpaired) electrons. The number of guanidine groups is 1. The van der Waals surface area contributed by atoms with Gasteiger partial charge >= 0.3 is 6.61 Å². The number of halogens is 3. The predicted octanol–water partition coefficient (Wildman–Crippen LogP) is 2.24. The van der Waals surface area contributed by atoms with Crippen LogP contribution in [0.4, 0.5) is 8.78 Å². The fourth-order valence-electron chi connectivity index (χ4n) is 2.12. The van der Waals surface area contributed by atoms with E-state index in [2.05, 4.69) is 19.8 Å². The Labute approximate surface area is 176 Å². The minimum absolute atomic E-state index is 0. The van der Waals surface area contributed by atoms with E-state index in [4.69, 9.17) is 0 Å². The van der Waals surface area contributed by atoms with Crippen LogP contribution in [0.5, 0.6) is 5.75 Å². The van der Waals surface area contributed by atoms with Crippen LogP contribution in [0.1, 0.15) is 18.9 Å². The summed E-state index contributed by atoms with van der Waals surface area (Å²) in [6, 6.07) is 6.42. The zero-order chi connectivity index (χ0) is 19.6. The Hall–Kier alpha value is -1.21. The van der Waals surface area contributed by atoms with Gasteiger partial charge in [0.25, 0.3) is 0 Å². The predicted molar refractivity (Wildman–Crippen MR) is 113 cm³/mol. The van der Waals surface area contributed by atoms with E-state index in [0.29, 0.717) is 38.6 Å². The second-order valence-electron chi connectivity index (χ2n) is 5.63. The van der Waals surface area contributed by atoms with Crippen molar-refractivity contribution in [3.8, 4) is 5.75 Å². The molecule has 2 N–H and O–H groups in total. The van der Waals surface area contributed by atoms with E-state index in [-0.39, 0.29) is 29.7 Å². The van der Waals surface area contributed by atoms with Crippen LogP contribution in [0.3, 0.4) is 0 Å². The summed E-state index contributed by atoms with van der Waals surface area (Å²) in [6.07, 6.45) is 1.70. The molecule has 0 aliphatic carbocycles. The molecule has 11 heteroatoms. The molecular weight excluding hydrogens is 493 g/mol. The molecule has 1 aromatic rings. The Bertz CT molecular complexity index is 673. The summed E-state index contributed by atoms with van der Waals surface area (Å²) < 4.78 is 53.1. The number of ether oxygens (including phenoxy) is 1. The van der Waals surface area contributed by atoms with E-state index in [9.17, 15) is 17.2 Å². The van der Waals surface area contributed by atoms with Crippen LogP contribution in [0.25, 0.3) is 0 Å². The fourth-order valence-corrected chi connectivity index (χ4v) is 2.63. The van der Waals surface area contributed by atoms with E-state index in [1.165, 1.54) is 12.1 Å². The van der Waals surface area contributed by atoms with Crippen molar-refractivity contribution in [3.63, 3.8) is 0 Å². The molecule has 0 aliphatic heterocycles. The number of benzene rings is 1. The monoisotopic (exact) mass is 520 g/mol. The van der Waals surface area contributed by atoms with Crippen molar-refractivity contribution < 1.29 is 21.9 Å². The normalized spacial score (nSPS) is 11.9. The molecule has 0 aliphatic rings. The maximum Gasteiger partial charge on any atom is 0.387 e. The van der Waals surface area contributed by atoms with Gasteiger partial charge in [-0.1, -0.05) is 12.1 Å². The van der Waals surface area contributed by atoms with Crippen LogP contribution in [-0.2, 0) is 16.6 Å². The number of nitrogens with zero attached hydrogens (tertiary/aromatic N) is 2. The first kappa shape index (κ1) is 25.8. The summed E-state index contributed by atoms with van der Waals surface area (Å²) >= 11 is 0. The van der Waals surface area contributed by atoms with Crippen molar-refractivity contribution in [2.24, 2.45) is 4.99 Å². The molecule has 0 fully saturated rings. The number of alkyl halides is 2. The van der Waals surface area contributed by atoms with Crippen LogP contribution in [-0.4, -0.2) is 58.8 Å². The van der Waals surface area contributed by atoms with Gasteiger partial charge in [-0.2, -0.15) is 8.78 Å². The van der Waals surface area contributed by atoms with E-state index in [0.717, 1.165) is 11.8 Å². The minimum atomic E-state index is -3.18. The van der Waals surface area contributed by atoms with Crippen molar-refractivity contribution in [1.29, 1.82) is 0 Å². The third-order valence-corrected chi connectivity index (χ3v) is 3.95. The first-order chi connectivity index (χ1) is 12.2. The third-order valence-electron chi connectivity index (χ3n) is 3.23. The highest BCUT2D eigenvalue weighted by Gasteiger charge is 2.08. The molecule has 0 bridgehead atoms. The van der Waals surface area contributed by atoms with Crippen LogP contribution < -0.4 is 14.8 Å². The van der Waals surface area contributed by atoms with Gasteiger partial charge in [-0.3, -0.25) is 4.99 Å². The van der Waals surface area contributed by atoms with Crippen molar-refractivity contribution in [2.45, 2.75) is 26.5 Å². The molecule has 0 amide bonds. The number of hydrogen-bond donors (Lipinski definition) is 2. The minimum Gasteiger partial charge on any atom is -0.435 e. The van der Waals surface area contributed by atoms with Gasteiger partial charge in [0, 0.05) is 33.2 Å². The SMILES string of the molecule is CCNC(=NCCCNS(C)(=O)=O)N(C)Cc1ccc(OC(F)F)cc1.I. The standard InChI is InChI=1S/C16H26F2N4O3S.HI/c1-4-19-16(20-10-5-11-21-26(3,23)24)22(2)12-13-6-8-14(9-7-13)25-15(17)18;/h6-9,15,21H,4-5,10-12H2,1-3H3,(H,19,20);1H. The molecule has 0 unspecified atom stereocenters. The molecular formula is C16H27F2IN4O3S. The molecule has 0 spiro atoms. The maximum absolute atomic E-state index is 12.2.